The number of nitrogens with zero attached hydrogens (tertiary/aromatic N) is 7. The first-order valence-corrected chi connectivity index (χ1v) is 46.5. The van der Waals surface area contributed by atoms with Crippen molar-refractivity contribution in [3.63, 3.8) is 0 Å². The lowest BCUT2D eigenvalue weighted by Crippen LogP contribution is -2.45. The summed E-state index contributed by atoms with van der Waals surface area (Å²) in [4.78, 5) is 22.3. The molecule has 8 saturated carbocycles. The second-order valence-electron chi connectivity index (χ2n) is 38.9. The highest BCUT2D eigenvalue weighted by Gasteiger charge is 2.59. The Morgan fingerprint density at radius 3 is 1.32 bits per heavy atom. The summed E-state index contributed by atoms with van der Waals surface area (Å²) >= 11 is 0. The van der Waals surface area contributed by atoms with Gasteiger partial charge in [-0.2, -0.15) is 10.5 Å². The van der Waals surface area contributed by atoms with Crippen LogP contribution in [0.4, 0.5) is 0 Å². The maximum absolute atomic E-state index is 10.7. The van der Waals surface area contributed by atoms with Crippen LogP contribution in [0.15, 0.2) is 177 Å². The first-order valence-electron chi connectivity index (χ1n) is 46.5. The zero-order chi connectivity index (χ0) is 90.0. The summed E-state index contributed by atoms with van der Waals surface area (Å²) in [7, 11) is 8.11. The third-order valence-corrected chi connectivity index (χ3v) is 33.0. The summed E-state index contributed by atoms with van der Waals surface area (Å²) in [5, 5.41) is 96.8. The van der Waals surface area contributed by atoms with Crippen LogP contribution in [0.2, 0.25) is 0 Å². The number of aromatic hydroxyl groups is 4. The Morgan fingerprint density at radius 2 is 0.806 bits per heavy atom. The Balaban J connectivity index is 0.000000121. The van der Waals surface area contributed by atoms with Crippen LogP contribution in [-0.2, 0) is 47.2 Å². The molecule has 676 valence electrons. The highest BCUT2D eigenvalue weighted by Crippen LogP contribution is 2.66. The number of hydrogen-bond donors (Lipinski definition) is 6. The molecule has 0 bridgehead atoms. The van der Waals surface area contributed by atoms with Crippen molar-refractivity contribution in [1.82, 2.24) is 0 Å². The second-order valence-corrected chi connectivity index (χ2v) is 38.9. The van der Waals surface area contributed by atoms with Gasteiger partial charge in [-0.1, -0.05) is 90.8 Å². The van der Waals surface area contributed by atoms with Crippen molar-refractivity contribution < 1.29 is 73.7 Å². The Hall–Kier alpha value is -11.8. The van der Waals surface area contributed by atoms with Crippen molar-refractivity contribution >= 4 is 28.6 Å². The molecule has 0 spiro atoms. The Kier molecular flexibility index (Phi) is 26.1. The molecule has 0 saturated heterocycles. The van der Waals surface area contributed by atoms with Gasteiger partial charge in [0.15, 0.2) is 41.2 Å². The largest absolute Gasteiger partial charge is 0.508 e. The van der Waals surface area contributed by atoms with E-state index in [1.807, 2.05) is 103 Å². The summed E-state index contributed by atoms with van der Waals surface area (Å²) in [5.74, 6) is 11.1. The Bertz CT molecular complexity index is 5660. The van der Waals surface area contributed by atoms with Gasteiger partial charge in [-0.15, -0.1) is 0 Å². The molecule has 22 nitrogen and oxygen atoms in total. The minimum absolute atomic E-state index is 0.0475. The summed E-state index contributed by atoms with van der Waals surface area (Å²) in [6.45, 7) is 10.8. The number of phenolic OH excluding ortho intramolecular Hbond substituents is 4. The minimum atomic E-state index is -0.243. The van der Waals surface area contributed by atoms with E-state index in [-0.39, 0.29) is 45.0 Å². The number of rotatable bonds is 17. The molecule has 8 aromatic rings. The highest BCUT2D eigenvalue weighted by molar-refractivity contribution is 6.05. The van der Waals surface area contributed by atoms with Crippen LogP contribution >= 0.6 is 0 Å². The van der Waals surface area contributed by atoms with Crippen LogP contribution in [0.25, 0.3) is 0 Å². The smallest absolute Gasteiger partial charge is 0.179 e. The van der Waals surface area contributed by atoms with E-state index in [4.69, 9.17) is 58.5 Å². The molecule has 129 heavy (non-hydrogen) atoms. The van der Waals surface area contributed by atoms with E-state index >= 15 is 0 Å². The third kappa shape index (κ3) is 17.4. The van der Waals surface area contributed by atoms with Gasteiger partial charge < -0.3 is 73.7 Å². The van der Waals surface area contributed by atoms with Gasteiger partial charge in [0, 0.05) is 33.1 Å². The predicted molar refractivity (Wildman–Crippen MR) is 494 cm³/mol. The van der Waals surface area contributed by atoms with E-state index in [9.17, 15) is 30.7 Å². The third-order valence-electron chi connectivity index (χ3n) is 33.0. The van der Waals surface area contributed by atoms with Crippen LogP contribution in [0, 0.1) is 91.7 Å². The Morgan fingerprint density at radius 1 is 0.388 bits per heavy atom. The van der Waals surface area contributed by atoms with Crippen molar-refractivity contribution in [2.75, 3.05) is 42.3 Å². The van der Waals surface area contributed by atoms with Gasteiger partial charge in [-0.3, -0.25) is 4.99 Å². The Labute approximate surface area is 757 Å². The first-order chi connectivity index (χ1) is 62.5. The molecular weight excluding hydrogens is 1620 g/mol. The normalized spacial score (nSPS) is 30.4. The van der Waals surface area contributed by atoms with Crippen molar-refractivity contribution in [1.29, 1.82) is 10.5 Å². The summed E-state index contributed by atoms with van der Waals surface area (Å²) in [6.07, 6.45) is 22.7. The van der Waals surface area contributed by atoms with Crippen molar-refractivity contribution in [3.8, 4) is 69.6 Å². The van der Waals surface area contributed by atoms with Gasteiger partial charge in [-0.25, -0.2) is 0 Å². The number of methoxy groups -OCH3 is 5. The number of fused-ring (bicyclic) bond motifs is 20. The van der Waals surface area contributed by atoms with Crippen LogP contribution < -0.4 is 28.4 Å². The van der Waals surface area contributed by atoms with Crippen LogP contribution in [0.1, 0.15) is 252 Å². The molecule has 8 fully saturated rings. The lowest BCUT2D eigenvalue weighted by molar-refractivity contribution is -0.0180. The molecule has 17 atom stereocenters. The molecule has 6 N–H and O–H groups in total. The fourth-order valence-electron chi connectivity index (χ4n) is 26.1. The number of aryl methyl sites for hydroxylation is 2. The van der Waals surface area contributed by atoms with Crippen LogP contribution in [0.3, 0.4) is 0 Å². The summed E-state index contributed by atoms with van der Waals surface area (Å²) < 4.78 is 32.6. The number of phenols is 4. The average molecular weight is 1750 g/mol. The number of oxime groups is 4. The standard InChI is InChI=1S/C27H29N3O4.C27H30N2O4.C27H33NO4.C26H31NO3/c1-27-10-9-18-19-13-25(33-2)24(31)12-21(19)23(11-20(18)22(27)7-8-26(27)29-32)30-34-15-17-5-3-16(14-28)4-6-17;1-27-10-9-18-19-13-25(32-2)24(30)12-21(19)23(11-20(18)22(27)7-8-26(27)31)29-33-15-17-5-3-16(14-28)4-6-17;1-27-13-12-20-21(9-4-17-14-24(29)25(31-3)15-22(17)20)23(27)10-11-26(27)28-16-32-19-7-5-18(30-2)6-8-19;1-26-14-13-22-21-10-6-19(28)15-18(21)5-9-23(22)24(26)11-12-25(26)27-30-16-17-3-7-20(29-2)8-4-17/h3-6,12-13,18,20,22,31-32H,7-11,15H2,1-2H3;3-6,12-13,18,20,22,26,30-31H,7-11,15H2,1-2H3;5-8,14-15,20-21,23,29H,4,9-13,16H2,1-3H3;3-4,6-8,10,15,22-24,28H,5,9,11-14,16H2,1-2H3/b29-26+,30-23+;29-23+;;27-25+/t18-,20-,22+,27+;18-,20-,22+,26+,27+;20-,21+,23-,27-;22-,23-,24+,26+/m1101/s1. The molecule has 0 aliphatic heterocycles. The summed E-state index contributed by atoms with van der Waals surface area (Å²) in [5.41, 5.74) is 19.2. The molecule has 0 amide bonds. The van der Waals surface area contributed by atoms with Crippen LogP contribution in [-0.4, -0.2) is 108 Å². The lowest BCUT2D eigenvalue weighted by Gasteiger charge is -2.50. The van der Waals surface area contributed by atoms with E-state index in [0.717, 1.165) is 182 Å². The molecule has 8 aromatic carbocycles. The number of aliphatic hydroxyl groups is 1. The number of aliphatic imine (C=N–C) groups is 1. The number of hydrogen-bond acceptors (Lipinski definition) is 22. The van der Waals surface area contributed by atoms with Crippen molar-refractivity contribution in [3.05, 3.63) is 224 Å². The predicted octanol–water partition coefficient (Wildman–Crippen LogP) is 21.8. The summed E-state index contributed by atoms with van der Waals surface area (Å²) in [6, 6.07) is 51.9. The zero-order valence-electron chi connectivity index (χ0n) is 75.8. The number of nitriles is 2. The fraction of sp³-hybridized carbons (Fsp3) is 0.486. The van der Waals surface area contributed by atoms with Gasteiger partial charge in [0.1, 0.15) is 42.8 Å². The average Bonchev–Trinajstić information content (AvgIpc) is 1.66. The molecule has 20 rings (SSSR count). The van der Waals surface area contributed by atoms with Gasteiger partial charge >= 0.3 is 0 Å². The van der Waals surface area contributed by atoms with Gasteiger partial charge in [0.05, 0.1) is 87.8 Å². The zero-order valence-corrected chi connectivity index (χ0v) is 75.8. The quantitative estimate of drug-likeness (QED) is 0.0364. The molecule has 12 aliphatic carbocycles. The number of aliphatic hydroxyl groups excluding tert-OH is 1. The van der Waals surface area contributed by atoms with E-state index in [1.54, 1.807) is 71.9 Å². The molecule has 12 aliphatic rings. The number of ether oxygens (including phenoxy) is 6. The molecule has 0 radical (unpaired) electrons. The maximum atomic E-state index is 10.7. The SMILES string of the molecule is COc1cc2c(cc1O)/C(=N/OCc1ccc(C#N)cc1)C[C@@H]1[C@@H]2CC[C@]2(C)/C(=N/O)CC[C@@H]12.COc1cc2c(cc1O)/C(=N/OCc1ccc(C#N)cc1)C[C@@H]1[C@@H]2CC[C@]2(C)[C@@H](O)CC[C@@H]12.COc1ccc(CO/N=C2\CC[C@H]3[C@@H]4CCc5cc(O)ccc5[C@H]4CC[C@]23C)cc1.COc1ccc(OCN=C2CC[C@H]3[C@@H]4CCc5cc(O)c(OC)cc5[C@H]4CC[C@]23C)cc1. The van der Waals surface area contributed by atoms with Crippen molar-refractivity contribution in [2.45, 2.75) is 219 Å². The van der Waals surface area contributed by atoms with Crippen LogP contribution in [0.5, 0.6) is 57.5 Å². The van der Waals surface area contributed by atoms with Gasteiger partial charge in [-0.05, 0) is 377 Å². The molecule has 0 aromatic heterocycles. The first kappa shape index (κ1) is 89.2. The van der Waals surface area contributed by atoms with E-state index in [2.05, 4.69) is 72.6 Å². The molecular formula is C107H123N7O15. The molecule has 0 unspecified atom stereocenters. The highest BCUT2D eigenvalue weighted by atomic mass is 16.6. The van der Waals surface area contributed by atoms with E-state index < -0.39 is 0 Å². The lowest BCUT2D eigenvalue weighted by atomic mass is 9.55. The van der Waals surface area contributed by atoms with E-state index in [1.165, 1.54) is 72.2 Å². The second kappa shape index (κ2) is 37.7. The molecule has 22 heteroatoms. The molecule has 0 heterocycles. The topological polar surface area (TPSA) is 314 Å². The number of benzene rings is 8. The van der Waals surface area contributed by atoms with Gasteiger partial charge in [0.25, 0.3) is 0 Å². The van der Waals surface area contributed by atoms with Gasteiger partial charge in [0.2, 0.25) is 0 Å². The van der Waals surface area contributed by atoms with E-state index in [0.29, 0.717) is 126 Å². The monoisotopic (exact) mass is 1750 g/mol. The van der Waals surface area contributed by atoms with Crippen molar-refractivity contribution in [2.24, 2.45) is 94.6 Å². The maximum Gasteiger partial charge on any atom is 0.179 e. The fourth-order valence-corrected chi connectivity index (χ4v) is 26.1. The minimum Gasteiger partial charge on any atom is -0.508 e.